The smallest absolute Gasteiger partial charge is 0.106 e. The van der Waals surface area contributed by atoms with Crippen LogP contribution in [0.15, 0.2) is 18.2 Å². The van der Waals surface area contributed by atoms with Gasteiger partial charge in [-0.15, -0.1) is 0 Å². The fourth-order valence-electron chi connectivity index (χ4n) is 0.971. The van der Waals surface area contributed by atoms with Crippen LogP contribution in [0, 0.1) is 7.27 Å². The summed E-state index contributed by atoms with van der Waals surface area (Å²) in [4.78, 5) is 0. The van der Waals surface area contributed by atoms with E-state index in [2.05, 4.69) is 67.5 Å². The first-order valence-corrected chi connectivity index (χ1v) is 5.23. The summed E-state index contributed by atoms with van der Waals surface area (Å²) in [5, 5.41) is 8.33. The van der Waals surface area contributed by atoms with E-state index in [1.54, 1.807) is 0 Å². The van der Waals surface area contributed by atoms with E-state index in [0.29, 0.717) is 0 Å². The van der Waals surface area contributed by atoms with Crippen molar-refractivity contribution in [3.63, 3.8) is 0 Å². The Morgan fingerprint density at radius 2 is 2.09 bits per heavy atom. The standard InChI is InChI=1S/C7H4I2N2/c8-5-3-1-2-4-6(5)10-11-7(4)9/h1-3H,(H,10,11). The molecule has 1 N–H and O–H groups in total. The number of benzene rings is 1. The second kappa shape index (κ2) is 2.89. The molecule has 1 aromatic heterocycles. The number of aromatic nitrogens is 2. The Morgan fingerprint density at radius 1 is 1.27 bits per heavy atom. The largest absolute Gasteiger partial charge is 0.271 e. The maximum atomic E-state index is 4.18. The average molecular weight is 370 g/mol. The van der Waals surface area contributed by atoms with Gasteiger partial charge in [0.2, 0.25) is 0 Å². The van der Waals surface area contributed by atoms with E-state index < -0.39 is 0 Å². The van der Waals surface area contributed by atoms with Gasteiger partial charge >= 0.3 is 0 Å². The van der Waals surface area contributed by atoms with Crippen LogP contribution < -0.4 is 0 Å². The van der Waals surface area contributed by atoms with Gasteiger partial charge in [0.15, 0.2) is 0 Å². The first kappa shape index (κ1) is 7.78. The Labute approximate surface area is 91.0 Å². The van der Waals surface area contributed by atoms with Crippen molar-refractivity contribution in [2.75, 3.05) is 0 Å². The molecule has 0 spiro atoms. The molecule has 0 bridgehead atoms. The molecule has 1 aromatic carbocycles. The SMILES string of the molecule is Ic1[nH]nc2c(I)cccc12. The lowest BCUT2D eigenvalue weighted by Gasteiger charge is -1.89. The molecule has 0 unspecified atom stereocenters. The highest BCUT2D eigenvalue weighted by atomic mass is 127. The predicted molar refractivity (Wildman–Crippen MR) is 61.5 cm³/mol. The van der Waals surface area contributed by atoms with Gasteiger partial charge < -0.3 is 0 Å². The molecule has 0 fully saturated rings. The van der Waals surface area contributed by atoms with Crippen molar-refractivity contribution in [2.24, 2.45) is 0 Å². The molecule has 56 valence electrons. The van der Waals surface area contributed by atoms with Gasteiger partial charge in [0.25, 0.3) is 0 Å². The monoisotopic (exact) mass is 370 g/mol. The lowest BCUT2D eigenvalue weighted by Crippen LogP contribution is -1.73. The molecule has 2 nitrogen and oxygen atoms in total. The molecule has 0 aliphatic carbocycles. The number of rotatable bonds is 0. The third-order valence-electron chi connectivity index (χ3n) is 1.49. The van der Waals surface area contributed by atoms with Gasteiger partial charge in [-0.1, -0.05) is 12.1 Å². The third kappa shape index (κ3) is 1.26. The molecular weight excluding hydrogens is 366 g/mol. The lowest BCUT2D eigenvalue weighted by atomic mass is 10.3. The van der Waals surface area contributed by atoms with Crippen LogP contribution in [0.2, 0.25) is 0 Å². The number of aromatic amines is 1. The zero-order valence-corrected chi connectivity index (χ0v) is 9.75. The highest BCUT2D eigenvalue weighted by Gasteiger charge is 2.03. The van der Waals surface area contributed by atoms with Crippen molar-refractivity contribution in [1.29, 1.82) is 0 Å². The van der Waals surface area contributed by atoms with Crippen LogP contribution in [0.4, 0.5) is 0 Å². The van der Waals surface area contributed by atoms with Crippen LogP contribution in [0.25, 0.3) is 10.9 Å². The molecule has 2 aromatic rings. The van der Waals surface area contributed by atoms with E-state index in [4.69, 9.17) is 0 Å². The van der Waals surface area contributed by atoms with Crippen molar-refractivity contribution in [1.82, 2.24) is 10.2 Å². The van der Waals surface area contributed by atoms with Gasteiger partial charge in [-0.25, -0.2) is 0 Å². The Balaban J connectivity index is 2.94. The Kier molecular flexibility index (Phi) is 2.04. The number of nitrogens with one attached hydrogen (secondary N) is 1. The van der Waals surface area contributed by atoms with Gasteiger partial charge in [-0.2, -0.15) is 5.10 Å². The topological polar surface area (TPSA) is 28.7 Å². The predicted octanol–water partition coefficient (Wildman–Crippen LogP) is 2.77. The van der Waals surface area contributed by atoms with E-state index in [1.807, 2.05) is 6.07 Å². The summed E-state index contributed by atoms with van der Waals surface area (Å²) < 4.78 is 2.30. The van der Waals surface area contributed by atoms with Crippen molar-refractivity contribution in [2.45, 2.75) is 0 Å². The van der Waals surface area contributed by atoms with Crippen molar-refractivity contribution in [3.8, 4) is 0 Å². The van der Waals surface area contributed by atoms with Crippen LogP contribution in [0.5, 0.6) is 0 Å². The highest BCUT2D eigenvalue weighted by molar-refractivity contribution is 14.1. The summed E-state index contributed by atoms with van der Waals surface area (Å²) in [5.41, 5.74) is 1.07. The van der Waals surface area contributed by atoms with Crippen molar-refractivity contribution >= 4 is 56.1 Å². The number of H-pyrrole nitrogens is 1. The van der Waals surface area contributed by atoms with Crippen molar-refractivity contribution in [3.05, 3.63) is 25.5 Å². The number of hydrogen-bond acceptors (Lipinski definition) is 1. The minimum Gasteiger partial charge on any atom is -0.271 e. The maximum absolute atomic E-state index is 4.18. The summed E-state index contributed by atoms with van der Waals surface area (Å²) in [6.07, 6.45) is 0. The van der Waals surface area contributed by atoms with Crippen LogP contribution >= 0.6 is 45.2 Å². The quantitative estimate of drug-likeness (QED) is 0.711. The molecule has 4 heteroatoms. The first-order chi connectivity index (χ1) is 5.29. The van der Waals surface area contributed by atoms with Crippen LogP contribution in [0.3, 0.4) is 0 Å². The van der Waals surface area contributed by atoms with E-state index in [9.17, 15) is 0 Å². The molecule has 0 saturated carbocycles. The lowest BCUT2D eigenvalue weighted by molar-refractivity contribution is 1.09. The van der Waals surface area contributed by atoms with E-state index in [-0.39, 0.29) is 0 Å². The molecule has 0 aliphatic rings. The first-order valence-electron chi connectivity index (χ1n) is 3.07. The van der Waals surface area contributed by atoms with Gasteiger partial charge in [-0.05, 0) is 51.2 Å². The zero-order valence-electron chi connectivity index (χ0n) is 5.44. The molecule has 0 saturated heterocycles. The van der Waals surface area contributed by atoms with Crippen LogP contribution in [-0.4, -0.2) is 10.2 Å². The minimum atomic E-state index is 1.07. The van der Waals surface area contributed by atoms with E-state index >= 15 is 0 Å². The number of fused-ring (bicyclic) bond motifs is 1. The summed E-state index contributed by atoms with van der Waals surface area (Å²) in [6.45, 7) is 0. The molecule has 1 heterocycles. The zero-order chi connectivity index (χ0) is 7.84. The normalized spacial score (nSPS) is 10.7. The summed E-state index contributed by atoms with van der Waals surface area (Å²) >= 11 is 4.53. The molecule has 0 amide bonds. The van der Waals surface area contributed by atoms with Gasteiger partial charge in [0.05, 0.1) is 0 Å². The minimum absolute atomic E-state index is 1.07. The Bertz CT molecular complexity index is 394. The number of hydrogen-bond donors (Lipinski definition) is 1. The fourth-order valence-corrected chi connectivity index (χ4v) is 2.15. The van der Waals surface area contributed by atoms with Gasteiger partial charge in [0, 0.05) is 8.96 Å². The molecule has 0 atom stereocenters. The Hall–Kier alpha value is 0.150. The molecule has 2 rings (SSSR count). The second-order valence-electron chi connectivity index (χ2n) is 2.17. The van der Waals surface area contributed by atoms with E-state index in [1.165, 1.54) is 8.96 Å². The average Bonchev–Trinajstić information content (AvgIpc) is 2.35. The molecule has 0 aliphatic heterocycles. The Morgan fingerprint density at radius 3 is 2.82 bits per heavy atom. The molecule has 0 radical (unpaired) electrons. The van der Waals surface area contributed by atoms with Crippen LogP contribution in [-0.2, 0) is 0 Å². The molecular formula is C7H4I2N2. The van der Waals surface area contributed by atoms with Crippen LogP contribution in [0.1, 0.15) is 0 Å². The van der Waals surface area contributed by atoms with Crippen molar-refractivity contribution < 1.29 is 0 Å². The van der Waals surface area contributed by atoms with E-state index in [0.717, 1.165) is 9.22 Å². The maximum Gasteiger partial charge on any atom is 0.106 e. The third-order valence-corrected chi connectivity index (χ3v) is 3.18. The second-order valence-corrected chi connectivity index (χ2v) is 4.41. The van der Waals surface area contributed by atoms with Gasteiger partial charge in [-0.3, -0.25) is 5.10 Å². The summed E-state index contributed by atoms with van der Waals surface area (Å²) in [5.74, 6) is 0. The number of nitrogens with zero attached hydrogens (tertiary/aromatic N) is 1. The number of para-hydroxylation sites is 1. The molecule has 11 heavy (non-hydrogen) atoms. The summed E-state index contributed by atoms with van der Waals surface area (Å²) in [7, 11) is 0. The fraction of sp³-hybridized carbons (Fsp3) is 0. The summed E-state index contributed by atoms with van der Waals surface area (Å²) in [6, 6.07) is 6.17. The number of halogens is 2. The van der Waals surface area contributed by atoms with Gasteiger partial charge in [0.1, 0.15) is 9.22 Å². The highest BCUT2D eigenvalue weighted by Crippen LogP contribution is 2.21.